The minimum absolute atomic E-state index is 0.0894. The highest BCUT2D eigenvalue weighted by Gasteiger charge is 2.13. The number of nitrogens with two attached hydrogens (primary N) is 1. The molecule has 0 atom stereocenters. The van der Waals surface area contributed by atoms with Crippen LogP contribution in [0.5, 0.6) is 11.5 Å². The molecule has 0 aliphatic carbocycles. The molecule has 0 spiro atoms. The zero-order valence-electron chi connectivity index (χ0n) is 8.29. The molecule has 0 heterocycles. The summed E-state index contributed by atoms with van der Waals surface area (Å²) in [5, 5.41) is 9.58. The molecule has 0 unspecified atom stereocenters. The fourth-order valence-electron chi connectivity index (χ4n) is 1.19. The van der Waals surface area contributed by atoms with E-state index in [0.717, 1.165) is 0 Å². The van der Waals surface area contributed by atoms with Crippen molar-refractivity contribution in [1.29, 1.82) is 0 Å². The smallest absolute Gasteiger partial charge is 0.167 e. The van der Waals surface area contributed by atoms with Crippen molar-refractivity contribution in [2.45, 2.75) is 6.42 Å². The van der Waals surface area contributed by atoms with E-state index in [9.17, 15) is 9.90 Å². The molecule has 4 nitrogen and oxygen atoms in total. The Labute approximate surface area is 96.2 Å². The van der Waals surface area contributed by atoms with E-state index in [1.165, 1.54) is 19.2 Å². The summed E-state index contributed by atoms with van der Waals surface area (Å²) in [6.07, 6.45) is 0.215. The van der Waals surface area contributed by atoms with Gasteiger partial charge in [0.1, 0.15) is 11.5 Å². The van der Waals surface area contributed by atoms with Crippen LogP contribution >= 0.6 is 15.9 Å². The van der Waals surface area contributed by atoms with E-state index < -0.39 is 0 Å². The zero-order valence-corrected chi connectivity index (χ0v) is 9.87. The van der Waals surface area contributed by atoms with Crippen LogP contribution in [0, 0.1) is 0 Å². The Balaban J connectivity index is 3.10. The summed E-state index contributed by atoms with van der Waals surface area (Å²) in [7, 11) is 1.49. The van der Waals surface area contributed by atoms with Crippen LogP contribution in [0.1, 0.15) is 16.8 Å². The van der Waals surface area contributed by atoms with E-state index in [0.29, 0.717) is 10.2 Å². The van der Waals surface area contributed by atoms with Crippen LogP contribution in [-0.4, -0.2) is 24.5 Å². The number of aromatic hydroxyl groups is 1. The van der Waals surface area contributed by atoms with Crippen LogP contribution in [0.4, 0.5) is 0 Å². The van der Waals surface area contributed by atoms with Gasteiger partial charge in [0, 0.05) is 12.5 Å². The SMILES string of the molecule is COc1cc(O)c(C(=O)CCN)cc1Br. The highest BCUT2D eigenvalue weighted by molar-refractivity contribution is 9.10. The van der Waals surface area contributed by atoms with Crippen LogP contribution in [0.25, 0.3) is 0 Å². The van der Waals surface area contributed by atoms with Crippen molar-refractivity contribution in [3.05, 3.63) is 22.2 Å². The lowest BCUT2D eigenvalue weighted by Crippen LogP contribution is -2.08. The molecule has 0 aliphatic rings. The number of phenolic OH excluding ortho intramolecular Hbond substituents is 1. The molecule has 0 aromatic heterocycles. The number of carbonyl (C=O) groups excluding carboxylic acids is 1. The van der Waals surface area contributed by atoms with Gasteiger partial charge in [0.25, 0.3) is 0 Å². The lowest BCUT2D eigenvalue weighted by atomic mass is 10.1. The van der Waals surface area contributed by atoms with Crippen molar-refractivity contribution in [3.8, 4) is 11.5 Å². The number of ether oxygens (including phenoxy) is 1. The van der Waals surface area contributed by atoms with Crippen molar-refractivity contribution in [3.63, 3.8) is 0 Å². The number of carbonyl (C=O) groups is 1. The lowest BCUT2D eigenvalue weighted by Gasteiger charge is -2.07. The van der Waals surface area contributed by atoms with Crippen LogP contribution in [-0.2, 0) is 0 Å². The first-order chi connectivity index (χ1) is 7.10. The second kappa shape index (κ2) is 5.14. The molecule has 0 fully saturated rings. The Morgan fingerprint density at radius 1 is 1.60 bits per heavy atom. The van der Waals surface area contributed by atoms with Gasteiger partial charge in [-0.25, -0.2) is 0 Å². The summed E-state index contributed by atoms with van der Waals surface area (Å²) in [4.78, 5) is 11.5. The fourth-order valence-corrected chi connectivity index (χ4v) is 1.69. The van der Waals surface area contributed by atoms with Gasteiger partial charge in [0.15, 0.2) is 5.78 Å². The second-order valence-electron chi connectivity index (χ2n) is 2.97. The van der Waals surface area contributed by atoms with E-state index in [2.05, 4.69) is 15.9 Å². The number of phenols is 1. The number of Topliss-reactive ketones (excluding diaryl/α,β-unsaturated/α-hetero) is 1. The third kappa shape index (κ3) is 2.70. The molecule has 0 bridgehead atoms. The van der Waals surface area contributed by atoms with Crippen LogP contribution in [0.3, 0.4) is 0 Å². The number of benzene rings is 1. The average molecular weight is 274 g/mol. The largest absolute Gasteiger partial charge is 0.507 e. The Bertz CT molecular complexity index is 379. The minimum Gasteiger partial charge on any atom is -0.507 e. The standard InChI is InChI=1S/C10H12BrNO3/c1-15-10-5-9(14)6(4-7(10)11)8(13)2-3-12/h4-5,14H,2-3,12H2,1H3. The van der Waals surface area contributed by atoms with E-state index in [1.807, 2.05) is 0 Å². The molecule has 1 rings (SSSR count). The Kier molecular flexibility index (Phi) is 4.11. The van der Waals surface area contributed by atoms with Crippen molar-refractivity contribution in [2.75, 3.05) is 13.7 Å². The van der Waals surface area contributed by atoms with E-state index in [4.69, 9.17) is 10.5 Å². The third-order valence-electron chi connectivity index (χ3n) is 1.94. The number of hydrogen-bond donors (Lipinski definition) is 2. The molecule has 0 aliphatic heterocycles. The van der Waals surface area contributed by atoms with Gasteiger partial charge in [0.2, 0.25) is 0 Å². The minimum atomic E-state index is -0.182. The van der Waals surface area contributed by atoms with Crippen molar-refractivity contribution in [2.24, 2.45) is 5.73 Å². The normalized spacial score (nSPS) is 10.1. The summed E-state index contributed by atoms with van der Waals surface area (Å²) < 4.78 is 5.61. The molecule has 0 amide bonds. The summed E-state index contributed by atoms with van der Waals surface area (Å²) in [6, 6.07) is 2.93. The molecule has 15 heavy (non-hydrogen) atoms. The van der Waals surface area contributed by atoms with Crippen LogP contribution in [0.15, 0.2) is 16.6 Å². The van der Waals surface area contributed by atoms with Crippen LogP contribution < -0.4 is 10.5 Å². The van der Waals surface area contributed by atoms with Gasteiger partial charge in [-0.1, -0.05) is 0 Å². The number of rotatable bonds is 4. The first-order valence-electron chi connectivity index (χ1n) is 4.40. The van der Waals surface area contributed by atoms with Gasteiger partial charge in [-0.05, 0) is 28.5 Å². The maximum atomic E-state index is 11.5. The van der Waals surface area contributed by atoms with E-state index in [1.54, 1.807) is 0 Å². The Morgan fingerprint density at radius 2 is 2.27 bits per heavy atom. The monoisotopic (exact) mass is 273 g/mol. The molecule has 3 N–H and O–H groups in total. The van der Waals surface area contributed by atoms with Gasteiger partial charge < -0.3 is 15.6 Å². The molecule has 0 saturated heterocycles. The van der Waals surface area contributed by atoms with Crippen molar-refractivity contribution >= 4 is 21.7 Å². The zero-order chi connectivity index (χ0) is 11.4. The maximum absolute atomic E-state index is 11.5. The topological polar surface area (TPSA) is 72.5 Å². The summed E-state index contributed by atoms with van der Waals surface area (Å²) in [5.41, 5.74) is 5.53. The molecular weight excluding hydrogens is 262 g/mol. The fraction of sp³-hybridized carbons (Fsp3) is 0.300. The second-order valence-corrected chi connectivity index (χ2v) is 3.82. The van der Waals surface area contributed by atoms with Gasteiger partial charge in [0.05, 0.1) is 17.1 Å². The molecule has 5 heteroatoms. The Hall–Kier alpha value is -1.07. The molecule has 0 saturated carbocycles. The van der Waals surface area contributed by atoms with Crippen LogP contribution in [0.2, 0.25) is 0 Å². The molecular formula is C10H12BrNO3. The summed E-state index contributed by atoms with van der Waals surface area (Å²) in [5.74, 6) is 0.212. The van der Waals surface area contributed by atoms with Gasteiger partial charge in [-0.15, -0.1) is 0 Å². The first kappa shape index (κ1) is 12.0. The first-order valence-corrected chi connectivity index (χ1v) is 5.19. The van der Waals surface area contributed by atoms with E-state index >= 15 is 0 Å². The molecule has 1 aromatic carbocycles. The van der Waals surface area contributed by atoms with E-state index in [-0.39, 0.29) is 30.1 Å². The summed E-state index contributed by atoms with van der Waals surface area (Å²) in [6.45, 7) is 0.266. The number of halogens is 1. The van der Waals surface area contributed by atoms with Gasteiger partial charge in [-0.2, -0.15) is 0 Å². The quantitative estimate of drug-likeness (QED) is 0.819. The number of methoxy groups -OCH3 is 1. The average Bonchev–Trinajstić information content (AvgIpc) is 2.21. The maximum Gasteiger partial charge on any atom is 0.167 e. The lowest BCUT2D eigenvalue weighted by molar-refractivity contribution is 0.0983. The third-order valence-corrected chi connectivity index (χ3v) is 2.56. The summed E-state index contributed by atoms with van der Waals surface area (Å²) >= 11 is 3.24. The van der Waals surface area contributed by atoms with Crippen molar-refractivity contribution in [1.82, 2.24) is 0 Å². The predicted octanol–water partition coefficient (Wildman–Crippen LogP) is 1.69. The number of ketones is 1. The molecule has 1 aromatic rings. The van der Waals surface area contributed by atoms with Crippen molar-refractivity contribution < 1.29 is 14.6 Å². The Morgan fingerprint density at radius 3 is 2.80 bits per heavy atom. The molecule has 0 radical (unpaired) electrons. The molecule has 82 valence electrons. The predicted molar refractivity (Wildman–Crippen MR) is 60.4 cm³/mol. The highest BCUT2D eigenvalue weighted by atomic mass is 79.9. The highest BCUT2D eigenvalue weighted by Crippen LogP contribution is 2.32. The van der Waals surface area contributed by atoms with Gasteiger partial charge >= 0.3 is 0 Å². The van der Waals surface area contributed by atoms with Gasteiger partial charge in [-0.3, -0.25) is 4.79 Å². The number of hydrogen-bond acceptors (Lipinski definition) is 4.